The minimum atomic E-state index is -1.12. The lowest BCUT2D eigenvalue weighted by molar-refractivity contribution is -0.380. The number of primary amides is 1. The SMILES string of the molecule is C[Si](C)(C)CCOCn1cc(-c2ccc(-c3cc(C(N)=O)c([N+](=O)[O-])s3)cc2)nn1. The molecule has 11 heteroatoms. The van der Waals surface area contributed by atoms with Gasteiger partial charge in [-0.25, -0.2) is 4.68 Å². The Kier molecular flexibility index (Phi) is 6.44. The highest BCUT2D eigenvalue weighted by Crippen LogP contribution is 2.37. The predicted octanol–water partition coefficient (Wildman–Crippen LogP) is 3.99. The van der Waals surface area contributed by atoms with Gasteiger partial charge < -0.3 is 10.5 Å². The molecule has 0 fully saturated rings. The van der Waals surface area contributed by atoms with Crippen LogP contribution in [0.4, 0.5) is 5.00 Å². The van der Waals surface area contributed by atoms with E-state index in [9.17, 15) is 14.9 Å². The summed E-state index contributed by atoms with van der Waals surface area (Å²) in [5, 5.41) is 19.2. The van der Waals surface area contributed by atoms with Crippen LogP contribution >= 0.6 is 11.3 Å². The molecule has 0 saturated carbocycles. The van der Waals surface area contributed by atoms with Gasteiger partial charge >= 0.3 is 5.00 Å². The van der Waals surface area contributed by atoms with E-state index in [1.54, 1.807) is 4.68 Å². The van der Waals surface area contributed by atoms with E-state index in [0.29, 0.717) is 23.9 Å². The van der Waals surface area contributed by atoms with Crippen molar-refractivity contribution in [1.29, 1.82) is 0 Å². The number of hydrogen-bond acceptors (Lipinski definition) is 7. The summed E-state index contributed by atoms with van der Waals surface area (Å²) in [5.41, 5.74) is 7.47. The molecule has 2 heterocycles. The first-order valence-corrected chi connectivity index (χ1v) is 13.8. The van der Waals surface area contributed by atoms with E-state index in [1.165, 1.54) is 6.07 Å². The van der Waals surface area contributed by atoms with Crippen LogP contribution in [0.15, 0.2) is 36.5 Å². The van der Waals surface area contributed by atoms with Gasteiger partial charge in [0.05, 0.1) is 11.1 Å². The van der Waals surface area contributed by atoms with Gasteiger partial charge in [0.25, 0.3) is 5.91 Å². The lowest BCUT2D eigenvalue weighted by Gasteiger charge is -2.15. The molecule has 0 saturated heterocycles. The van der Waals surface area contributed by atoms with E-state index in [1.807, 2.05) is 30.5 Å². The van der Waals surface area contributed by atoms with Crippen molar-refractivity contribution in [2.24, 2.45) is 5.73 Å². The molecule has 2 aromatic heterocycles. The van der Waals surface area contributed by atoms with Gasteiger partial charge in [0.15, 0.2) is 0 Å². The highest BCUT2D eigenvalue weighted by molar-refractivity contribution is 7.19. The molecule has 0 aliphatic carbocycles. The number of carbonyl (C=O) groups is 1. The largest absolute Gasteiger partial charge is 0.365 e. The summed E-state index contributed by atoms with van der Waals surface area (Å²) in [7, 11) is -1.12. The molecule has 0 radical (unpaired) electrons. The van der Waals surface area contributed by atoms with E-state index in [-0.39, 0.29) is 10.6 Å². The fourth-order valence-electron chi connectivity index (χ4n) is 2.67. The van der Waals surface area contributed by atoms with Crippen molar-refractivity contribution in [1.82, 2.24) is 15.0 Å². The van der Waals surface area contributed by atoms with Crippen molar-refractivity contribution in [2.45, 2.75) is 32.4 Å². The average Bonchev–Trinajstić information content (AvgIpc) is 3.32. The topological polar surface area (TPSA) is 126 Å². The highest BCUT2D eigenvalue weighted by atomic mass is 32.1. The summed E-state index contributed by atoms with van der Waals surface area (Å²) in [6, 6.07) is 9.89. The first kappa shape index (κ1) is 21.8. The number of nitrogens with zero attached hydrogens (tertiary/aromatic N) is 4. The molecule has 0 aliphatic heterocycles. The number of aromatic nitrogens is 3. The van der Waals surface area contributed by atoms with E-state index in [0.717, 1.165) is 28.5 Å². The van der Waals surface area contributed by atoms with Crippen molar-refractivity contribution in [3.63, 3.8) is 0 Å². The first-order valence-electron chi connectivity index (χ1n) is 9.31. The zero-order valence-corrected chi connectivity index (χ0v) is 18.8. The van der Waals surface area contributed by atoms with Crippen LogP contribution in [-0.2, 0) is 11.5 Å². The fraction of sp³-hybridized carbons (Fsp3) is 0.316. The summed E-state index contributed by atoms with van der Waals surface area (Å²) in [4.78, 5) is 22.6. The maximum absolute atomic E-state index is 11.5. The fourth-order valence-corrected chi connectivity index (χ4v) is 4.41. The molecule has 1 amide bonds. The molecule has 158 valence electrons. The molecular weight excluding hydrogens is 422 g/mol. The molecule has 1 aromatic carbocycles. The van der Waals surface area contributed by atoms with Crippen LogP contribution in [0.3, 0.4) is 0 Å². The van der Waals surface area contributed by atoms with Gasteiger partial charge in [0.2, 0.25) is 0 Å². The number of thiophene rings is 1. The number of nitro groups is 1. The first-order chi connectivity index (χ1) is 14.1. The third kappa shape index (κ3) is 5.37. The standard InChI is InChI=1S/C19H23N5O4SSi/c1-30(2,3)9-8-28-12-23-11-16(21-22-23)13-4-6-14(7-5-13)17-10-15(18(20)25)19(29-17)24(26)27/h4-7,10-11H,8-9,12H2,1-3H3,(H2,20,25). The monoisotopic (exact) mass is 445 g/mol. The Morgan fingerprint density at radius 3 is 2.50 bits per heavy atom. The molecular formula is C19H23N5O4SSi. The normalized spacial score (nSPS) is 11.6. The van der Waals surface area contributed by atoms with Crippen molar-refractivity contribution in [3.8, 4) is 21.7 Å². The van der Waals surface area contributed by atoms with Crippen LogP contribution in [0.5, 0.6) is 0 Å². The quantitative estimate of drug-likeness (QED) is 0.230. The average molecular weight is 446 g/mol. The van der Waals surface area contributed by atoms with Gasteiger partial charge in [-0.15, -0.1) is 5.10 Å². The Morgan fingerprint density at radius 2 is 1.93 bits per heavy atom. The predicted molar refractivity (Wildman–Crippen MR) is 118 cm³/mol. The number of hydrogen-bond donors (Lipinski definition) is 1. The number of amides is 1. The molecule has 0 atom stereocenters. The second kappa shape index (κ2) is 8.86. The van der Waals surface area contributed by atoms with E-state index < -0.39 is 18.9 Å². The maximum atomic E-state index is 11.5. The van der Waals surface area contributed by atoms with Crippen LogP contribution < -0.4 is 5.73 Å². The smallest absolute Gasteiger partial charge is 0.337 e. The molecule has 0 aliphatic rings. The van der Waals surface area contributed by atoms with Gasteiger partial charge in [-0.1, -0.05) is 60.5 Å². The van der Waals surface area contributed by atoms with Crippen molar-refractivity contribution < 1.29 is 14.5 Å². The molecule has 0 spiro atoms. The highest BCUT2D eigenvalue weighted by Gasteiger charge is 2.23. The number of nitrogens with two attached hydrogens (primary N) is 1. The summed E-state index contributed by atoms with van der Waals surface area (Å²) >= 11 is 0.922. The minimum Gasteiger partial charge on any atom is -0.365 e. The summed E-state index contributed by atoms with van der Waals surface area (Å²) in [5.74, 6) is -0.815. The maximum Gasteiger partial charge on any atom is 0.337 e. The zero-order valence-electron chi connectivity index (χ0n) is 17.0. The summed E-state index contributed by atoms with van der Waals surface area (Å²) in [6.07, 6.45) is 1.81. The Bertz CT molecular complexity index is 1020. The van der Waals surface area contributed by atoms with Gasteiger partial charge in [-0.3, -0.25) is 14.9 Å². The Hall–Kier alpha value is -2.89. The molecule has 0 bridgehead atoms. The molecule has 0 unspecified atom stereocenters. The van der Waals surface area contributed by atoms with Crippen molar-refractivity contribution >= 4 is 30.3 Å². The van der Waals surface area contributed by atoms with Crippen molar-refractivity contribution in [2.75, 3.05) is 6.61 Å². The van der Waals surface area contributed by atoms with Crippen LogP contribution in [0.25, 0.3) is 21.7 Å². The molecule has 3 rings (SSSR count). The van der Waals surface area contributed by atoms with Gasteiger partial charge in [0.1, 0.15) is 18.0 Å². The molecule has 9 nitrogen and oxygen atoms in total. The third-order valence-electron chi connectivity index (χ3n) is 4.37. The van der Waals surface area contributed by atoms with Gasteiger partial charge in [-0.2, -0.15) is 0 Å². The number of ether oxygens (including phenoxy) is 1. The molecule has 2 N–H and O–H groups in total. The van der Waals surface area contributed by atoms with Gasteiger partial charge in [-0.05, 0) is 17.7 Å². The van der Waals surface area contributed by atoms with Crippen molar-refractivity contribution in [3.05, 3.63) is 52.2 Å². The third-order valence-corrected chi connectivity index (χ3v) is 7.21. The van der Waals surface area contributed by atoms with Gasteiger partial charge in [0, 0.05) is 25.1 Å². The minimum absolute atomic E-state index is 0.0823. The van der Waals surface area contributed by atoms with Crippen LogP contribution in [-0.4, -0.2) is 40.5 Å². The summed E-state index contributed by atoms with van der Waals surface area (Å²) < 4.78 is 7.33. The zero-order chi connectivity index (χ0) is 21.9. The Morgan fingerprint density at radius 1 is 1.27 bits per heavy atom. The van der Waals surface area contributed by atoms with Crippen LogP contribution in [0, 0.1) is 10.1 Å². The number of rotatable bonds is 9. The van der Waals surface area contributed by atoms with E-state index in [2.05, 4.69) is 30.0 Å². The second-order valence-electron chi connectivity index (χ2n) is 8.02. The number of carbonyl (C=O) groups excluding carboxylic acids is 1. The second-order valence-corrected chi connectivity index (χ2v) is 14.7. The Labute approximate surface area is 178 Å². The van der Waals surface area contributed by atoms with Crippen LogP contribution in [0.1, 0.15) is 10.4 Å². The van der Waals surface area contributed by atoms with Crippen LogP contribution in [0.2, 0.25) is 25.7 Å². The number of benzene rings is 1. The van der Waals surface area contributed by atoms with E-state index >= 15 is 0 Å². The lowest BCUT2D eigenvalue weighted by atomic mass is 10.1. The molecule has 30 heavy (non-hydrogen) atoms. The van der Waals surface area contributed by atoms with E-state index in [4.69, 9.17) is 10.5 Å². The summed E-state index contributed by atoms with van der Waals surface area (Å²) in [6.45, 7) is 7.97. The lowest BCUT2D eigenvalue weighted by Crippen LogP contribution is -2.22. The Balaban J connectivity index is 1.69. The molecule has 3 aromatic rings.